The van der Waals surface area contributed by atoms with Gasteiger partial charge in [0.25, 0.3) is 0 Å². The molecule has 0 aliphatic heterocycles. The third-order valence-electron chi connectivity index (χ3n) is 11.4. The van der Waals surface area contributed by atoms with E-state index in [4.69, 9.17) is 6.15 Å². The Labute approximate surface area is 371 Å². The van der Waals surface area contributed by atoms with Crippen LogP contribution in [0.25, 0.3) is 0 Å². The molecular formula is C50H100O4S2Sn. The van der Waals surface area contributed by atoms with Gasteiger partial charge in [0.05, 0.1) is 0 Å². The van der Waals surface area contributed by atoms with E-state index in [1.165, 1.54) is 244 Å². The van der Waals surface area contributed by atoms with E-state index in [1.807, 2.05) is 9.88 Å². The normalized spacial score (nSPS) is 11.7. The van der Waals surface area contributed by atoms with E-state index in [1.54, 1.807) is 23.5 Å². The van der Waals surface area contributed by atoms with Gasteiger partial charge in [0.15, 0.2) is 0 Å². The second-order valence-corrected chi connectivity index (χ2v) is 29.3. The Morgan fingerprint density at radius 3 is 0.684 bits per heavy atom. The zero-order valence-electron chi connectivity index (χ0n) is 39.1. The molecule has 0 amide bonds. The van der Waals surface area contributed by atoms with Gasteiger partial charge in [-0.3, -0.25) is 0 Å². The van der Waals surface area contributed by atoms with Crippen molar-refractivity contribution in [3.05, 3.63) is 0 Å². The fourth-order valence-electron chi connectivity index (χ4n) is 7.86. The molecule has 0 atom stereocenters. The number of thioether (sulfide) groups is 2. The molecule has 0 fully saturated rings. The molecule has 0 aromatic carbocycles. The Morgan fingerprint density at radius 2 is 0.491 bits per heavy atom. The van der Waals surface area contributed by atoms with E-state index in [2.05, 4.69) is 13.8 Å². The van der Waals surface area contributed by atoms with Gasteiger partial charge in [0.1, 0.15) is 0 Å². The Balaban J connectivity index is 3.43. The Hall–Kier alpha value is 0.439. The summed E-state index contributed by atoms with van der Waals surface area (Å²) < 4.78 is 11.4. The number of rotatable bonds is 48. The summed E-state index contributed by atoms with van der Waals surface area (Å²) in [6.45, 7) is 4.59. The molecule has 0 saturated heterocycles. The Morgan fingerprint density at radius 1 is 0.316 bits per heavy atom. The van der Waals surface area contributed by atoms with Crippen molar-refractivity contribution in [2.75, 3.05) is 23.0 Å². The number of hydrogen-bond donors (Lipinski definition) is 0. The minimum Gasteiger partial charge on any atom is -0.0654 e. The maximum atomic E-state index is 12.4. The van der Waals surface area contributed by atoms with Gasteiger partial charge in [-0.2, -0.15) is 0 Å². The summed E-state index contributed by atoms with van der Waals surface area (Å²) in [6.07, 6.45) is 55.8. The molecule has 0 rings (SSSR count). The minimum atomic E-state index is -3.60. The molecule has 0 unspecified atom stereocenters. The standard InChI is InChI=1S/2C24H48O2S.2CH3.Sn/c2*1-2-3-4-5-6-7-8-9-10-11-12-13-14-15-16-17-18-19-20-21-22-27-23-24(25)26;;;/h2*2-23H2,1H3,(H,25,26);2*1H3;/q;;;;+2/p-2. The average Bonchev–Trinajstić information content (AvgIpc) is 3.18. The molecule has 0 N–H and O–H groups in total. The summed E-state index contributed by atoms with van der Waals surface area (Å²) >= 11 is -0.278. The van der Waals surface area contributed by atoms with Crippen LogP contribution in [0.15, 0.2) is 0 Å². The van der Waals surface area contributed by atoms with E-state index < -0.39 is 19.2 Å². The number of carbonyl (C=O) groups is 2. The number of unbranched alkanes of at least 4 members (excludes halogenated alkanes) is 38. The van der Waals surface area contributed by atoms with Crippen LogP contribution in [-0.2, 0) is 15.7 Å². The second kappa shape index (κ2) is 47.5. The molecular weight excluding hydrogens is 847 g/mol. The molecule has 57 heavy (non-hydrogen) atoms. The maximum absolute atomic E-state index is 12.4. The van der Waals surface area contributed by atoms with Crippen LogP contribution < -0.4 is 0 Å². The van der Waals surface area contributed by atoms with Gasteiger partial charge in [-0.1, -0.05) is 181 Å². The molecule has 4 nitrogen and oxygen atoms in total. The molecule has 0 spiro atoms. The van der Waals surface area contributed by atoms with Crippen molar-refractivity contribution in [2.24, 2.45) is 0 Å². The Bertz CT molecular complexity index is 762. The predicted octanol–water partition coefficient (Wildman–Crippen LogP) is 17.9. The van der Waals surface area contributed by atoms with Gasteiger partial charge in [0, 0.05) is 0 Å². The van der Waals surface area contributed by atoms with Crippen molar-refractivity contribution < 1.29 is 15.7 Å². The van der Waals surface area contributed by atoms with E-state index in [-0.39, 0.29) is 11.9 Å². The van der Waals surface area contributed by atoms with Gasteiger partial charge < -0.3 is 0 Å². The van der Waals surface area contributed by atoms with Crippen LogP contribution >= 0.6 is 23.5 Å². The van der Waals surface area contributed by atoms with Gasteiger partial charge in [-0.05, 0) is 0 Å². The fraction of sp³-hybridized carbons (Fsp3) is 0.960. The molecule has 340 valence electrons. The summed E-state index contributed by atoms with van der Waals surface area (Å²) in [5.41, 5.74) is 0. The monoisotopic (exact) mass is 949 g/mol. The fourth-order valence-corrected chi connectivity index (χ4v) is 13.7. The quantitative estimate of drug-likeness (QED) is 0.0447. The van der Waals surface area contributed by atoms with Crippen LogP contribution in [0.5, 0.6) is 0 Å². The first-order valence-electron chi connectivity index (χ1n) is 25.5. The van der Waals surface area contributed by atoms with Crippen LogP contribution in [0.3, 0.4) is 0 Å². The van der Waals surface area contributed by atoms with E-state index in [0.717, 1.165) is 24.3 Å². The van der Waals surface area contributed by atoms with E-state index in [0.29, 0.717) is 11.5 Å². The second-order valence-electron chi connectivity index (χ2n) is 17.9. The van der Waals surface area contributed by atoms with Crippen molar-refractivity contribution in [2.45, 2.75) is 281 Å². The topological polar surface area (TPSA) is 52.6 Å². The third-order valence-corrected chi connectivity index (χ3v) is 17.6. The summed E-state index contributed by atoms with van der Waals surface area (Å²) in [5, 5.41) is 0. The zero-order chi connectivity index (χ0) is 41.6. The SMILES string of the molecule is CCCCCCCCCCCCCCCCCCCCCCSCC(=O)[O][Sn]([CH3])([CH3])[O]C(=O)CSCCCCCCCCCCCCCCCCCCCCCC. The van der Waals surface area contributed by atoms with Gasteiger partial charge in [-0.25, -0.2) is 0 Å². The van der Waals surface area contributed by atoms with Crippen molar-refractivity contribution >= 4 is 54.7 Å². The molecule has 0 aliphatic rings. The molecule has 7 heteroatoms. The van der Waals surface area contributed by atoms with Crippen molar-refractivity contribution in [1.29, 1.82) is 0 Å². The third kappa shape index (κ3) is 49.0. The summed E-state index contributed by atoms with van der Waals surface area (Å²) in [5.74, 6) is 2.31. The average molecular weight is 948 g/mol. The number of hydrogen-bond acceptors (Lipinski definition) is 6. The van der Waals surface area contributed by atoms with E-state index in [9.17, 15) is 9.59 Å². The summed E-state index contributed by atoms with van der Waals surface area (Å²) in [4.78, 5) is 28.6. The molecule has 0 aromatic heterocycles. The minimum absolute atomic E-state index is 0.209. The predicted molar refractivity (Wildman–Crippen MR) is 260 cm³/mol. The van der Waals surface area contributed by atoms with Crippen molar-refractivity contribution in [1.82, 2.24) is 0 Å². The smallest absolute Gasteiger partial charge is 0.0654 e. The molecule has 0 bridgehead atoms. The first-order chi connectivity index (χ1) is 27.9. The van der Waals surface area contributed by atoms with Crippen LogP contribution in [0.2, 0.25) is 9.88 Å². The molecule has 0 saturated carbocycles. The van der Waals surface area contributed by atoms with Crippen LogP contribution in [-0.4, -0.2) is 54.2 Å². The first-order valence-corrected chi connectivity index (χ1v) is 35.8. The molecule has 0 aliphatic carbocycles. The van der Waals surface area contributed by atoms with Crippen molar-refractivity contribution in [3.8, 4) is 0 Å². The molecule has 0 aromatic rings. The van der Waals surface area contributed by atoms with Crippen LogP contribution in [0.4, 0.5) is 0 Å². The van der Waals surface area contributed by atoms with Crippen molar-refractivity contribution in [3.63, 3.8) is 0 Å². The first kappa shape index (κ1) is 57.4. The molecule has 0 radical (unpaired) electrons. The Kier molecular flexibility index (Phi) is 47.9. The van der Waals surface area contributed by atoms with Crippen LogP contribution in [0, 0.1) is 0 Å². The van der Waals surface area contributed by atoms with E-state index >= 15 is 0 Å². The molecule has 0 heterocycles. The zero-order valence-corrected chi connectivity index (χ0v) is 43.5. The summed E-state index contributed by atoms with van der Waals surface area (Å²) in [7, 11) is 0. The number of carbonyl (C=O) groups excluding carboxylic acids is 2. The van der Waals surface area contributed by atoms with Crippen LogP contribution in [0.1, 0.15) is 271 Å². The van der Waals surface area contributed by atoms with Gasteiger partial charge in [0.2, 0.25) is 0 Å². The summed E-state index contributed by atoms with van der Waals surface area (Å²) in [6, 6.07) is 0. The van der Waals surface area contributed by atoms with Gasteiger partial charge in [-0.15, -0.1) is 0 Å². The van der Waals surface area contributed by atoms with Gasteiger partial charge >= 0.3 is 193 Å².